The zero-order chi connectivity index (χ0) is 22.8. The minimum atomic E-state index is -0.251. The second-order valence-electron chi connectivity index (χ2n) is 10.5. The van der Waals surface area contributed by atoms with Crippen LogP contribution in [0.4, 0.5) is 5.13 Å². The van der Waals surface area contributed by atoms with Gasteiger partial charge in [0.15, 0.2) is 5.13 Å². The number of thiazole rings is 1. The third-order valence-corrected chi connectivity index (χ3v) is 9.47. The van der Waals surface area contributed by atoms with E-state index in [-0.39, 0.29) is 16.7 Å². The van der Waals surface area contributed by atoms with Crippen molar-refractivity contribution in [3.63, 3.8) is 0 Å². The van der Waals surface area contributed by atoms with Crippen molar-refractivity contribution in [3.05, 3.63) is 80.3 Å². The highest BCUT2D eigenvalue weighted by Gasteiger charge is 2.59. The van der Waals surface area contributed by atoms with Crippen molar-refractivity contribution in [2.75, 3.05) is 5.32 Å². The van der Waals surface area contributed by atoms with Crippen molar-refractivity contribution in [3.8, 4) is 0 Å². The smallest absolute Gasteiger partial charge is 0.258 e. The predicted molar refractivity (Wildman–Crippen MR) is 136 cm³/mol. The first-order valence-electron chi connectivity index (χ1n) is 11.6. The van der Waals surface area contributed by atoms with Crippen LogP contribution in [0.2, 0.25) is 10.0 Å². The Morgan fingerprint density at radius 1 is 1.03 bits per heavy atom. The molecule has 2 unspecified atom stereocenters. The summed E-state index contributed by atoms with van der Waals surface area (Å²) < 4.78 is 0. The fourth-order valence-electron chi connectivity index (χ4n) is 7.22. The number of aromatic nitrogens is 1. The average Bonchev–Trinajstić information content (AvgIpc) is 3.22. The van der Waals surface area contributed by atoms with E-state index in [4.69, 9.17) is 28.2 Å². The molecule has 7 rings (SSSR count). The first-order valence-corrected chi connectivity index (χ1v) is 13.3. The molecule has 1 amide bonds. The lowest BCUT2D eigenvalue weighted by Gasteiger charge is -2.62. The van der Waals surface area contributed by atoms with E-state index in [1.807, 2.05) is 0 Å². The molecule has 4 atom stereocenters. The molecule has 4 bridgehead atoms. The SMILES string of the molecule is Cc1ccc(C23C[C@H]4C[C@@H](C2)CC(c2csc(NC(=O)c5ccc(Cl)cc5Cl)n2)(C4)C3)cc1. The Morgan fingerprint density at radius 3 is 2.42 bits per heavy atom. The molecule has 0 aliphatic heterocycles. The number of hydrogen-bond donors (Lipinski definition) is 1. The average molecular weight is 497 g/mol. The van der Waals surface area contributed by atoms with Gasteiger partial charge in [-0.15, -0.1) is 11.3 Å². The lowest BCUT2D eigenvalue weighted by molar-refractivity contribution is -0.0296. The van der Waals surface area contributed by atoms with E-state index in [9.17, 15) is 4.79 Å². The van der Waals surface area contributed by atoms with E-state index in [1.54, 1.807) is 18.2 Å². The Morgan fingerprint density at radius 2 is 1.73 bits per heavy atom. The molecule has 4 fully saturated rings. The van der Waals surface area contributed by atoms with Gasteiger partial charge >= 0.3 is 0 Å². The van der Waals surface area contributed by atoms with Crippen molar-refractivity contribution in [2.24, 2.45) is 11.8 Å². The standard InChI is InChI=1S/C27H26Cl2N2OS/c1-16-2-4-19(5-3-16)26-10-17-8-18(11-26)13-27(12-17,15-26)23-14-33-25(30-23)31-24(32)21-7-6-20(28)9-22(21)29/h2-7,9,14,17-18H,8,10-13,15H2,1H3,(H,30,31,32)/t17-,18+,26?,27?. The molecular weight excluding hydrogens is 471 g/mol. The monoisotopic (exact) mass is 496 g/mol. The minimum Gasteiger partial charge on any atom is -0.298 e. The molecule has 1 N–H and O–H groups in total. The molecule has 170 valence electrons. The van der Waals surface area contributed by atoms with Gasteiger partial charge in [0.05, 0.1) is 16.3 Å². The Labute approximate surface area is 208 Å². The summed E-state index contributed by atoms with van der Waals surface area (Å²) in [5.74, 6) is 1.28. The van der Waals surface area contributed by atoms with Gasteiger partial charge in [0, 0.05) is 15.8 Å². The summed E-state index contributed by atoms with van der Waals surface area (Å²) in [6, 6.07) is 14.2. The molecule has 0 radical (unpaired) electrons. The molecule has 6 heteroatoms. The minimum absolute atomic E-state index is 0.117. The number of rotatable bonds is 4. The summed E-state index contributed by atoms with van der Waals surface area (Å²) in [6.07, 6.45) is 7.57. The Bertz CT molecular complexity index is 1220. The summed E-state index contributed by atoms with van der Waals surface area (Å²) in [5.41, 5.74) is 4.78. The van der Waals surface area contributed by atoms with Gasteiger partial charge in [-0.05, 0) is 86.5 Å². The van der Waals surface area contributed by atoms with Crippen LogP contribution in [-0.2, 0) is 10.8 Å². The molecule has 33 heavy (non-hydrogen) atoms. The third kappa shape index (κ3) is 3.71. The summed E-state index contributed by atoms with van der Waals surface area (Å²) in [7, 11) is 0. The maximum Gasteiger partial charge on any atom is 0.258 e. The lowest BCUT2D eigenvalue weighted by atomic mass is 9.42. The highest BCUT2D eigenvalue weighted by atomic mass is 35.5. The zero-order valence-electron chi connectivity index (χ0n) is 18.5. The van der Waals surface area contributed by atoms with Crippen molar-refractivity contribution in [1.82, 2.24) is 4.98 Å². The topological polar surface area (TPSA) is 42.0 Å². The number of anilines is 1. The van der Waals surface area contributed by atoms with E-state index in [0.29, 0.717) is 20.7 Å². The van der Waals surface area contributed by atoms with Crippen LogP contribution in [0.15, 0.2) is 47.8 Å². The van der Waals surface area contributed by atoms with Gasteiger partial charge in [-0.1, -0.05) is 53.0 Å². The van der Waals surface area contributed by atoms with Crippen LogP contribution in [0, 0.1) is 18.8 Å². The van der Waals surface area contributed by atoms with Gasteiger partial charge < -0.3 is 0 Å². The van der Waals surface area contributed by atoms with Crippen LogP contribution in [0.25, 0.3) is 0 Å². The number of nitrogens with one attached hydrogen (secondary N) is 1. The van der Waals surface area contributed by atoms with Crippen molar-refractivity contribution < 1.29 is 4.79 Å². The maximum absolute atomic E-state index is 12.8. The number of benzene rings is 2. The maximum atomic E-state index is 12.8. The number of hydrogen-bond acceptors (Lipinski definition) is 3. The van der Waals surface area contributed by atoms with E-state index in [0.717, 1.165) is 24.0 Å². The highest BCUT2D eigenvalue weighted by Crippen LogP contribution is 2.66. The van der Waals surface area contributed by atoms with Gasteiger partial charge in [-0.25, -0.2) is 4.98 Å². The Hall–Kier alpha value is -1.88. The number of carbonyl (C=O) groups excluding carboxylic acids is 1. The molecular formula is C27H26Cl2N2OS. The summed E-state index contributed by atoms with van der Waals surface area (Å²) in [5, 5.41) is 6.63. The first-order chi connectivity index (χ1) is 15.8. The number of carbonyl (C=O) groups is 1. The van der Waals surface area contributed by atoms with E-state index < -0.39 is 0 Å². The molecule has 4 aliphatic rings. The second-order valence-corrected chi connectivity index (χ2v) is 12.2. The van der Waals surface area contributed by atoms with Crippen molar-refractivity contribution in [2.45, 2.75) is 56.3 Å². The molecule has 0 saturated heterocycles. The van der Waals surface area contributed by atoms with Crippen molar-refractivity contribution >= 4 is 45.6 Å². The Balaban J connectivity index is 1.28. The molecule has 4 saturated carbocycles. The van der Waals surface area contributed by atoms with Gasteiger partial charge in [-0.3, -0.25) is 10.1 Å². The Kier molecular flexibility index (Phi) is 5.13. The van der Waals surface area contributed by atoms with Crippen LogP contribution in [0.3, 0.4) is 0 Å². The number of nitrogens with zero attached hydrogens (tertiary/aromatic N) is 1. The van der Waals surface area contributed by atoms with Crippen LogP contribution < -0.4 is 5.32 Å². The normalized spacial score (nSPS) is 29.9. The fraction of sp³-hybridized carbons (Fsp3) is 0.407. The van der Waals surface area contributed by atoms with Gasteiger partial charge in [0.25, 0.3) is 5.91 Å². The second kappa shape index (κ2) is 7.83. The van der Waals surface area contributed by atoms with E-state index >= 15 is 0 Å². The summed E-state index contributed by atoms with van der Waals surface area (Å²) in [6.45, 7) is 2.16. The molecule has 1 heterocycles. The van der Waals surface area contributed by atoms with Crippen LogP contribution in [0.5, 0.6) is 0 Å². The van der Waals surface area contributed by atoms with Crippen LogP contribution in [-0.4, -0.2) is 10.9 Å². The molecule has 3 nitrogen and oxygen atoms in total. The van der Waals surface area contributed by atoms with Crippen LogP contribution >= 0.6 is 34.5 Å². The quantitative estimate of drug-likeness (QED) is 0.400. The van der Waals surface area contributed by atoms with Gasteiger partial charge in [0.2, 0.25) is 0 Å². The van der Waals surface area contributed by atoms with Crippen LogP contribution in [0.1, 0.15) is 65.7 Å². The first kappa shape index (κ1) is 21.6. The molecule has 4 aliphatic carbocycles. The molecule has 2 aromatic carbocycles. The van der Waals surface area contributed by atoms with E-state index in [2.05, 4.69) is 41.9 Å². The summed E-state index contributed by atoms with van der Waals surface area (Å²) >= 11 is 13.7. The molecule has 0 spiro atoms. The summed E-state index contributed by atoms with van der Waals surface area (Å²) in [4.78, 5) is 17.8. The lowest BCUT2D eigenvalue weighted by Crippen LogP contribution is -2.56. The third-order valence-electron chi connectivity index (χ3n) is 8.17. The number of amides is 1. The predicted octanol–water partition coefficient (Wildman–Crippen LogP) is 7.80. The number of aryl methyl sites for hydroxylation is 1. The van der Waals surface area contributed by atoms with Gasteiger partial charge in [0.1, 0.15) is 0 Å². The molecule has 3 aromatic rings. The largest absolute Gasteiger partial charge is 0.298 e. The van der Waals surface area contributed by atoms with E-state index in [1.165, 1.54) is 54.6 Å². The number of halogens is 2. The zero-order valence-corrected chi connectivity index (χ0v) is 20.9. The fourth-order valence-corrected chi connectivity index (χ4v) is 8.54. The molecule has 1 aromatic heterocycles. The van der Waals surface area contributed by atoms with Gasteiger partial charge in [-0.2, -0.15) is 0 Å². The highest BCUT2D eigenvalue weighted by molar-refractivity contribution is 7.14. The van der Waals surface area contributed by atoms with Crippen molar-refractivity contribution in [1.29, 1.82) is 0 Å².